The van der Waals surface area contributed by atoms with E-state index in [1.165, 1.54) is 12.5 Å². The second-order valence-electron chi connectivity index (χ2n) is 3.28. The Hall–Kier alpha value is -1.00. The van der Waals surface area contributed by atoms with E-state index in [0.29, 0.717) is 13.2 Å². The van der Waals surface area contributed by atoms with Crippen LogP contribution in [0.3, 0.4) is 0 Å². The third-order valence-electron chi connectivity index (χ3n) is 2.50. The average molecular weight is 198 g/mol. The van der Waals surface area contributed by atoms with E-state index in [4.69, 9.17) is 18.9 Å². The van der Waals surface area contributed by atoms with Crippen molar-refractivity contribution in [2.45, 2.75) is 24.4 Å². The molecule has 2 saturated heterocycles. The summed E-state index contributed by atoms with van der Waals surface area (Å²) in [6.45, 7) is 8.08. The lowest BCUT2D eigenvalue weighted by atomic mass is 10.1. The zero-order valence-corrected chi connectivity index (χ0v) is 7.93. The summed E-state index contributed by atoms with van der Waals surface area (Å²) in [4.78, 5) is 0. The van der Waals surface area contributed by atoms with Crippen molar-refractivity contribution in [3.05, 3.63) is 25.7 Å². The van der Waals surface area contributed by atoms with E-state index in [-0.39, 0.29) is 24.4 Å². The molecule has 4 unspecified atom stereocenters. The van der Waals surface area contributed by atoms with E-state index >= 15 is 0 Å². The van der Waals surface area contributed by atoms with E-state index in [1.54, 1.807) is 0 Å². The maximum atomic E-state index is 5.54. The first-order chi connectivity index (χ1) is 6.86. The highest BCUT2D eigenvalue weighted by atomic mass is 16.6. The van der Waals surface area contributed by atoms with Crippen molar-refractivity contribution >= 4 is 0 Å². The van der Waals surface area contributed by atoms with E-state index in [2.05, 4.69) is 13.2 Å². The molecule has 4 heteroatoms. The fourth-order valence-corrected chi connectivity index (χ4v) is 1.91. The van der Waals surface area contributed by atoms with Gasteiger partial charge in [0, 0.05) is 0 Å². The molecule has 0 N–H and O–H groups in total. The minimum atomic E-state index is -0.0593. The van der Waals surface area contributed by atoms with Crippen LogP contribution in [0.15, 0.2) is 25.7 Å². The van der Waals surface area contributed by atoms with Gasteiger partial charge < -0.3 is 18.9 Å². The lowest BCUT2D eigenvalue weighted by molar-refractivity contribution is -0.00737. The number of ether oxygens (including phenoxy) is 4. The van der Waals surface area contributed by atoms with Gasteiger partial charge in [0.25, 0.3) is 0 Å². The van der Waals surface area contributed by atoms with Crippen LogP contribution in [-0.4, -0.2) is 37.6 Å². The summed E-state index contributed by atoms with van der Waals surface area (Å²) in [5.41, 5.74) is 0. The van der Waals surface area contributed by atoms with Gasteiger partial charge in [0.2, 0.25) is 0 Å². The summed E-state index contributed by atoms with van der Waals surface area (Å²) < 4.78 is 21.6. The van der Waals surface area contributed by atoms with Crippen molar-refractivity contribution in [2.75, 3.05) is 13.2 Å². The second kappa shape index (κ2) is 4.02. The van der Waals surface area contributed by atoms with Crippen LogP contribution in [-0.2, 0) is 18.9 Å². The molecule has 2 aliphatic heterocycles. The molecule has 2 rings (SSSR count). The molecule has 2 aliphatic rings. The molecule has 78 valence electrons. The second-order valence-corrected chi connectivity index (χ2v) is 3.28. The summed E-state index contributed by atoms with van der Waals surface area (Å²) >= 11 is 0. The standard InChI is InChI=1S/C10H14O4/c1-3-11-7-5-13-10-8(12-4-2)6-14-9(7)10/h3-4,7-10H,1-2,5-6H2. The molecule has 2 heterocycles. The minimum Gasteiger partial charge on any atom is -0.493 e. The van der Waals surface area contributed by atoms with Gasteiger partial charge in [-0.1, -0.05) is 13.2 Å². The molecule has 0 aromatic carbocycles. The van der Waals surface area contributed by atoms with Crippen LogP contribution >= 0.6 is 0 Å². The van der Waals surface area contributed by atoms with Crippen LogP contribution in [0.5, 0.6) is 0 Å². The molecule has 4 atom stereocenters. The van der Waals surface area contributed by atoms with E-state index in [1.807, 2.05) is 0 Å². The molecule has 0 bridgehead atoms. The Bertz CT molecular complexity index is 204. The zero-order valence-electron chi connectivity index (χ0n) is 7.93. The maximum Gasteiger partial charge on any atom is 0.150 e. The van der Waals surface area contributed by atoms with Crippen LogP contribution in [0.1, 0.15) is 0 Å². The zero-order chi connectivity index (χ0) is 9.97. The molecule has 0 aliphatic carbocycles. The minimum absolute atomic E-state index is 0.0436. The number of fused-ring (bicyclic) bond motifs is 1. The molecule has 0 amide bonds. The Labute approximate surface area is 83.1 Å². The van der Waals surface area contributed by atoms with Crippen LogP contribution in [0.25, 0.3) is 0 Å². The SMILES string of the molecule is C=COC1COC2C(OC=C)COC12. The molecule has 0 spiro atoms. The third-order valence-corrected chi connectivity index (χ3v) is 2.50. The highest BCUT2D eigenvalue weighted by molar-refractivity contribution is 4.96. The molecule has 0 radical (unpaired) electrons. The fraction of sp³-hybridized carbons (Fsp3) is 0.600. The normalized spacial score (nSPS) is 40.3. The molecule has 2 fully saturated rings. The van der Waals surface area contributed by atoms with Gasteiger partial charge in [0.1, 0.15) is 24.4 Å². The quantitative estimate of drug-likeness (QED) is 0.627. The van der Waals surface area contributed by atoms with Crippen molar-refractivity contribution in [3.8, 4) is 0 Å². The Morgan fingerprint density at radius 1 is 0.929 bits per heavy atom. The van der Waals surface area contributed by atoms with Crippen LogP contribution in [0.2, 0.25) is 0 Å². The average Bonchev–Trinajstić information content (AvgIpc) is 2.72. The monoisotopic (exact) mass is 198 g/mol. The molecule has 14 heavy (non-hydrogen) atoms. The van der Waals surface area contributed by atoms with Crippen LogP contribution in [0, 0.1) is 0 Å². The van der Waals surface area contributed by atoms with Gasteiger partial charge in [-0.05, 0) is 0 Å². The first kappa shape index (κ1) is 9.55. The Balaban J connectivity index is 1.96. The van der Waals surface area contributed by atoms with E-state index < -0.39 is 0 Å². The highest BCUT2D eigenvalue weighted by Gasteiger charge is 2.49. The van der Waals surface area contributed by atoms with E-state index in [0.717, 1.165) is 0 Å². The van der Waals surface area contributed by atoms with Gasteiger partial charge >= 0.3 is 0 Å². The van der Waals surface area contributed by atoms with Crippen molar-refractivity contribution < 1.29 is 18.9 Å². The van der Waals surface area contributed by atoms with Gasteiger partial charge in [0.15, 0.2) is 0 Å². The Morgan fingerprint density at radius 2 is 1.36 bits per heavy atom. The molecular weight excluding hydrogens is 184 g/mol. The van der Waals surface area contributed by atoms with Crippen molar-refractivity contribution in [2.24, 2.45) is 0 Å². The first-order valence-electron chi connectivity index (χ1n) is 4.62. The summed E-state index contributed by atoms with van der Waals surface area (Å²) in [5, 5.41) is 0. The maximum absolute atomic E-state index is 5.54. The largest absolute Gasteiger partial charge is 0.493 e. The summed E-state index contributed by atoms with van der Waals surface area (Å²) in [5.74, 6) is 0. The number of hydrogen-bond acceptors (Lipinski definition) is 4. The van der Waals surface area contributed by atoms with Gasteiger partial charge in [-0.25, -0.2) is 0 Å². The molecule has 0 aromatic rings. The predicted octanol–water partition coefficient (Wildman–Crippen LogP) is 0.841. The summed E-state index contributed by atoms with van der Waals surface area (Å²) in [6, 6.07) is 0. The van der Waals surface area contributed by atoms with E-state index in [9.17, 15) is 0 Å². The lowest BCUT2D eigenvalue weighted by Gasteiger charge is -2.15. The lowest BCUT2D eigenvalue weighted by Crippen LogP contribution is -2.32. The van der Waals surface area contributed by atoms with Crippen LogP contribution in [0.4, 0.5) is 0 Å². The molecule has 0 aromatic heterocycles. The first-order valence-corrected chi connectivity index (χ1v) is 4.62. The predicted molar refractivity (Wildman–Crippen MR) is 49.6 cm³/mol. The fourth-order valence-electron chi connectivity index (χ4n) is 1.91. The summed E-state index contributed by atoms with van der Waals surface area (Å²) in [6.07, 6.45) is 2.63. The number of hydrogen-bond donors (Lipinski definition) is 0. The Morgan fingerprint density at radius 3 is 1.71 bits per heavy atom. The van der Waals surface area contributed by atoms with Gasteiger partial charge in [-0.15, -0.1) is 0 Å². The van der Waals surface area contributed by atoms with Gasteiger partial charge in [-0.3, -0.25) is 0 Å². The third kappa shape index (κ3) is 1.51. The summed E-state index contributed by atoms with van der Waals surface area (Å²) in [7, 11) is 0. The Kier molecular flexibility index (Phi) is 2.74. The topological polar surface area (TPSA) is 36.9 Å². The van der Waals surface area contributed by atoms with Gasteiger partial charge in [0.05, 0.1) is 25.7 Å². The smallest absolute Gasteiger partial charge is 0.150 e. The number of rotatable bonds is 4. The highest BCUT2D eigenvalue weighted by Crippen LogP contribution is 2.30. The molecule has 4 nitrogen and oxygen atoms in total. The van der Waals surface area contributed by atoms with Crippen molar-refractivity contribution in [1.82, 2.24) is 0 Å². The van der Waals surface area contributed by atoms with Crippen LogP contribution < -0.4 is 0 Å². The van der Waals surface area contributed by atoms with Crippen molar-refractivity contribution in [1.29, 1.82) is 0 Å². The molecule has 0 saturated carbocycles. The van der Waals surface area contributed by atoms with Gasteiger partial charge in [-0.2, -0.15) is 0 Å². The molecular formula is C10H14O4. The van der Waals surface area contributed by atoms with Crippen molar-refractivity contribution in [3.63, 3.8) is 0 Å².